The van der Waals surface area contributed by atoms with Crippen LogP contribution in [0.25, 0.3) is 11.4 Å². The van der Waals surface area contributed by atoms with Gasteiger partial charge in [-0.1, -0.05) is 47.6 Å². The van der Waals surface area contributed by atoms with Gasteiger partial charge in [-0.05, 0) is 36.8 Å². The van der Waals surface area contributed by atoms with Crippen LogP contribution in [0.4, 0.5) is 0 Å². The number of thioether (sulfide) groups is 1. The van der Waals surface area contributed by atoms with E-state index in [1.54, 1.807) is 12.3 Å². The van der Waals surface area contributed by atoms with Crippen molar-refractivity contribution in [1.29, 1.82) is 0 Å². The van der Waals surface area contributed by atoms with E-state index in [2.05, 4.69) is 20.3 Å². The molecule has 3 aromatic rings. The molecule has 0 aliphatic heterocycles. The molecule has 0 radical (unpaired) electrons. The van der Waals surface area contributed by atoms with E-state index in [1.165, 1.54) is 11.8 Å². The molecule has 132 valence electrons. The molecule has 0 saturated carbocycles. The smallest absolute Gasteiger partial charge is 0.230 e. The Bertz CT molecular complexity index is 905. The van der Waals surface area contributed by atoms with Crippen LogP contribution in [0, 0.1) is 6.92 Å². The maximum absolute atomic E-state index is 12.1. The zero-order valence-electron chi connectivity index (χ0n) is 14.1. The lowest BCUT2D eigenvalue weighted by atomic mass is 10.2. The number of benzene rings is 1. The van der Waals surface area contributed by atoms with E-state index in [9.17, 15) is 4.79 Å². The number of carbonyl (C=O) groups excluding carboxylic acids is 1. The zero-order chi connectivity index (χ0) is 18.4. The number of rotatable bonds is 6. The predicted octanol–water partition coefficient (Wildman–Crippen LogP) is 3.91. The molecule has 1 N–H and O–H groups in total. The summed E-state index contributed by atoms with van der Waals surface area (Å²) in [7, 11) is 0. The van der Waals surface area contributed by atoms with Crippen LogP contribution >= 0.6 is 23.4 Å². The highest BCUT2D eigenvalue weighted by molar-refractivity contribution is 7.99. The van der Waals surface area contributed by atoms with Gasteiger partial charge in [0, 0.05) is 17.8 Å². The summed E-state index contributed by atoms with van der Waals surface area (Å²) in [5.41, 5.74) is 2.42. The molecule has 1 amide bonds. The van der Waals surface area contributed by atoms with Crippen LogP contribution in [0.2, 0.25) is 5.02 Å². The monoisotopic (exact) mass is 384 g/mol. The van der Waals surface area contributed by atoms with Gasteiger partial charge in [-0.3, -0.25) is 9.78 Å². The first-order valence-corrected chi connectivity index (χ1v) is 9.38. The zero-order valence-corrected chi connectivity index (χ0v) is 15.7. The van der Waals surface area contributed by atoms with E-state index in [0.717, 1.165) is 22.0 Å². The number of nitrogens with one attached hydrogen (secondary N) is 1. The molecule has 5 nitrogen and oxygen atoms in total. The third-order valence-corrected chi connectivity index (χ3v) is 4.81. The van der Waals surface area contributed by atoms with E-state index in [4.69, 9.17) is 11.6 Å². The Hall–Kier alpha value is -2.44. The number of nitrogens with zero attached hydrogens (tertiary/aromatic N) is 3. The van der Waals surface area contributed by atoms with Gasteiger partial charge in [0.05, 0.1) is 17.1 Å². The fourth-order valence-corrected chi connectivity index (χ4v) is 3.26. The first-order chi connectivity index (χ1) is 12.6. The number of halogens is 1. The van der Waals surface area contributed by atoms with E-state index >= 15 is 0 Å². The van der Waals surface area contributed by atoms with Crippen molar-refractivity contribution in [3.8, 4) is 11.4 Å². The second-order valence-corrected chi connectivity index (χ2v) is 6.91. The number of hydrogen-bond acceptors (Lipinski definition) is 5. The first-order valence-electron chi connectivity index (χ1n) is 8.02. The fraction of sp³-hybridized carbons (Fsp3) is 0.158. The van der Waals surface area contributed by atoms with Gasteiger partial charge >= 0.3 is 0 Å². The Morgan fingerprint density at radius 2 is 1.92 bits per heavy atom. The molecule has 0 unspecified atom stereocenters. The number of aromatic nitrogens is 3. The Morgan fingerprint density at radius 3 is 2.69 bits per heavy atom. The second kappa shape index (κ2) is 8.78. The third-order valence-electron chi connectivity index (χ3n) is 3.53. The lowest BCUT2D eigenvalue weighted by molar-refractivity contribution is -0.118. The van der Waals surface area contributed by atoms with Gasteiger partial charge in [-0.2, -0.15) is 0 Å². The van der Waals surface area contributed by atoms with Crippen LogP contribution in [-0.2, 0) is 11.3 Å². The van der Waals surface area contributed by atoms with Crippen molar-refractivity contribution in [2.24, 2.45) is 0 Å². The minimum atomic E-state index is -0.0782. The Kier molecular flexibility index (Phi) is 6.20. The van der Waals surface area contributed by atoms with Crippen molar-refractivity contribution < 1.29 is 4.79 Å². The largest absolute Gasteiger partial charge is 0.351 e. The van der Waals surface area contributed by atoms with E-state index < -0.39 is 0 Å². The molecule has 3 rings (SSSR count). The van der Waals surface area contributed by atoms with Crippen LogP contribution in [0.1, 0.15) is 11.4 Å². The van der Waals surface area contributed by atoms with Crippen molar-refractivity contribution in [2.45, 2.75) is 18.5 Å². The standard InChI is InChI=1S/C19H17ClN4OS/c1-13-23-17(16-8-4-5-9-21-16)10-19(24-13)26-12-18(25)22-11-14-6-2-3-7-15(14)20/h2-10H,11-12H2,1H3,(H,22,25). The Labute approximate surface area is 161 Å². The number of carbonyl (C=O) groups is 1. The molecule has 2 heterocycles. The molecule has 0 aliphatic rings. The average Bonchev–Trinajstić information content (AvgIpc) is 2.66. The van der Waals surface area contributed by atoms with Crippen molar-refractivity contribution in [2.75, 3.05) is 5.75 Å². The highest BCUT2D eigenvalue weighted by Gasteiger charge is 2.09. The number of amides is 1. The minimum Gasteiger partial charge on any atom is -0.351 e. The molecule has 2 aromatic heterocycles. The molecule has 0 atom stereocenters. The summed E-state index contributed by atoms with van der Waals surface area (Å²) in [6, 6.07) is 15.0. The number of pyridine rings is 1. The molecule has 26 heavy (non-hydrogen) atoms. The molecular formula is C19H17ClN4OS. The lowest BCUT2D eigenvalue weighted by Gasteiger charge is -2.08. The fourth-order valence-electron chi connectivity index (χ4n) is 2.29. The molecule has 0 fully saturated rings. The highest BCUT2D eigenvalue weighted by atomic mass is 35.5. The summed E-state index contributed by atoms with van der Waals surface area (Å²) in [6.07, 6.45) is 1.72. The van der Waals surface area contributed by atoms with Gasteiger partial charge in [0.1, 0.15) is 10.9 Å². The molecule has 0 bridgehead atoms. The van der Waals surface area contributed by atoms with Gasteiger partial charge in [-0.25, -0.2) is 9.97 Å². The van der Waals surface area contributed by atoms with E-state index in [-0.39, 0.29) is 11.7 Å². The van der Waals surface area contributed by atoms with Crippen molar-refractivity contribution in [3.05, 3.63) is 71.1 Å². The van der Waals surface area contributed by atoms with Crippen LogP contribution in [0.3, 0.4) is 0 Å². The maximum Gasteiger partial charge on any atom is 0.230 e. The first kappa shape index (κ1) is 18.4. The molecular weight excluding hydrogens is 368 g/mol. The van der Waals surface area contributed by atoms with Crippen molar-refractivity contribution in [3.63, 3.8) is 0 Å². The molecule has 0 spiro atoms. The quantitative estimate of drug-likeness (QED) is 0.515. The average molecular weight is 385 g/mol. The second-order valence-electron chi connectivity index (χ2n) is 5.51. The van der Waals surface area contributed by atoms with Crippen LogP contribution < -0.4 is 5.32 Å². The SMILES string of the molecule is Cc1nc(SCC(=O)NCc2ccccc2Cl)cc(-c2ccccn2)n1. The molecule has 0 aliphatic carbocycles. The van der Waals surface area contributed by atoms with Crippen molar-refractivity contribution >= 4 is 29.3 Å². The number of hydrogen-bond donors (Lipinski definition) is 1. The minimum absolute atomic E-state index is 0.0782. The lowest BCUT2D eigenvalue weighted by Crippen LogP contribution is -2.24. The Morgan fingerprint density at radius 1 is 1.12 bits per heavy atom. The third kappa shape index (κ3) is 5.03. The normalized spacial score (nSPS) is 10.5. The predicted molar refractivity (Wildman–Crippen MR) is 104 cm³/mol. The topological polar surface area (TPSA) is 67.8 Å². The summed E-state index contributed by atoms with van der Waals surface area (Å²) in [4.78, 5) is 25.2. The van der Waals surface area contributed by atoms with Crippen LogP contribution in [0.5, 0.6) is 0 Å². The van der Waals surface area contributed by atoms with Crippen LogP contribution in [0.15, 0.2) is 59.8 Å². The van der Waals surface area contributed by atoms with Gasteiger partial charge in [-0.15, -0.1) is 0 Å². The summed E-state index contributed by atoms with van der Waals surface area (Å²) in [5.74, 6) is 0.834. The number of aryl methyl sites for hydroxylation is 1. The summed E-state index contributed by atoms with van der Waals surface area (Å²) in [6.45, 7) is 2.23. The summed E-state index contributed by atoms with van der Waals surface area (Å²) >= 11 is 7.46. The van der Waals surface area contributed by atoms with Gasteiger partial charge in [0.25, 0.3) is 0 Å². The van der Waals surface area contributed by atoms with Gasteiger partial charge in [0.15, 0.2) is 0 Å². The van der Waals surface area contributed by atoms with Crippen LogP contribution in [-0.4, -0.2) is 26.6 Å². The van der Waals surface area contributed by atoms with Gasteiger partial charge in [0.2, 0.25) is 5.91 Å². The van der Waals surface area contributed by atoms with Crippen molar-refractivity contribution in [1.82, 2.24) is 20.3 Å². The van der Waals surface area contributed by atoms with Gasteiger partial charge < -0.3 is 5.32 Å². The molecule has 7 heteroatoms. The summed E-state index contributed by atoms with van der Waals surface area (Å²) < 4.78 is 0. The van der Waals surface area contributed by atoms with E-state index in [1.807, 2.05) is 49.4 Å². The molecule has 1 aromatic carbocycles. The molecule has 0 saturated heterocycles. The Balaban J connectivity index is 1.60. The maximum atomic E-state index is 12.1. The summed E-state index contributed by atoms with van der Waals surface area (Å²) in [5, 5.41) is 4.26. The van der Waals surface area contributed by atoms with E-state index in [0.29, 0.717) is 17.4 Å². The highest BCUT2D eigenvalue weighted by Crippen LogP contribution is 2.21.